The minimum Gasteiger partial charge on any atom is -0.497 e. The van der Waals surface area contributed by atoms with Gasteiger partial charge in [-0.05, 0) is 24.3 Å². The molecule has 124 valence electrons. The van der Waals surface area contributed by atoms with Crippen molar-refractivity contribution in [3.05, 3.63) is 48.5 Å². The molecule has 0 heterocycles. The van der Waals surface area contributed by atoms with E-state index in [-0.39, 0.29) is 5.75 Å². The Hall–Kier alpha value is -2.42. The van der Waals surface area contributed by atoms with E-state index in [1.165, 1.54) is 25.3 Å². The summed E-state index contributed by atoms with van der Waals surface area (Å²) in [4.78, 5) is -0.470. The van der Waals surface area contributed by atoms with Gasteiger partial charge in [0, 0.05) is 12.1 Å². The molecule has 0 unspecified atom stereocenters. The van der Waals surface area contributed by atoms with E-state index in [4.69, 9.17) is 8.92 Å². The average Bonchev–Trinajstić information content (AvgIpc) is 2.45. The molecule has 0 atom stereocenters. The Labute approximate surface area is 130 Å². The minimum absolute atomic E-state index is 0.0357. The van der Waals surface area contributed by atoms with Crippen molar-refractivity contribution in [2.45, 2.75) is 11.3 Å². The highest BCUT2D eigenvalue weighted by molar-refractivity contribution is 7.87. The molecule has 0 saturated carbocycles. The van der Waals surface area contributed by atoms with Gasteiger partial charge in [0.25, 0.3) is 0 Å². The van der Waals surface area contributed by atoms with Crippen LogP contribution in [0.15, 0.2) is 53.4 Å². The molecule has 0 spiro atoms. The maximum Gasteiger partial charge on any atom is 0.573 e. The molecular formula is C14H11F3O5S. The standard InChI is InChI=1S/C14H11F3O5S/c1-20-10-4-2-6-12(8-10)22-23(18,19)13-7-3-5-11(9-13)21-14(15,16)17/h2-9H,1H3. The van der Waals surface area contributed by atoms with E-state index in [0.717, 1.165) is 24.3 Å². The van der Waals surface area contributed by atoms with E-state index in [1.807, 2.05) is 0 Å². The maximum atomic E-state index is 12.2. The fraction of sp³-hybridized carbons (Fsp3) is 0.143. The summed E-state index contributed by atoms with van der Waals surface area (Å²) in [7, 11) is -2.92. The van der Waals surface area contributed by atoms with E-state index in [0.29, 0.717) is 5.75 Å². The molecule has 0 saturated heterocycles. The second-order valence-corrected chi connectivity index (χ2v) is 5.79. The van der Waals surface area contributed by atoms with Crippen LogP contribution in [0.5, 0.6) is 17.2 Å². The lowest BCUT2D eigenvalue weighted by atomic mass is 10.3. The summed E-state index contributed by atoms with van der Waals surface area (Å²) in [5.41, 5.74) is 0. The molecule has 0 aliphatic carbocycles. The van der Waals surface area contributed by atoms with Crippen molar-refractivity contribution in [3.8, 4) is 17.2 Å². The molecule has 0 amide bonds. The fourth-order valence-corrected chi connectivity index (χ4v) is 2.61. The molecule has 2 aromatic rings. The highest BCUT2D eigenvalue weighted by Crippen LogP contribution is 2.27. The monoisotopic (exact) mass is 348 g/mol. The Bertz CT molecular complexity index is 787. The van der Waals surface area contributed by atoms with E-state index in [9.17, 15) is 21.6 Å². The minimum atomic E-state index is -4.92. The predicted molar refractivity (Wildman–Crippen MR) is 73.9 cm³/mol. The van der Waals surface area contributed by atoms with Crippen LogP contribution < -0.4 is 13.7 Å². The Morgan fingerprint density at radius 3 is 2.17 bits per heavy atom. The van der Waals surface area contributed by atoms with Crippen molar-refractivity contribution in [2.75, 3.05) is 7.11 Å². The molecule has 0 aliphatic heterocycles. The first-order valence-corrected chi connectivity index (χ1v) is 7.55. The van der Waals surface area contributed by atoms with Crippen LogP contribution in [-0.2, 0) is 10.1 Å². The molecule has 0 aromatic heterocycles. The van der Waals surface area contributed by atoms with Crippen molar-refractivity contribution < 1.29 is 35.2 Å². The molecule has 0 bridgehead atoms. The van der Waals surface area contributed by atoms with Gasteiger partial charge in [0.1, 0.15) is 22.1 Å². The molecule has 23 heavy (non-hydrogen) atoms. The van der Waals surface area contributed by atoms with Crippen molar-refractivity contribution >= 4 is 10.1 Å². The smallest absolute Gasteiger partial charge is 0.497 e. The van der Waals surface area contributed by atoms with Gasteiger partial charge in [-0.15, -0.1) is 13.2 Å². The lowest BCUT2D eigenvalue weighted by molar-refractivity contribution is -0.274. The number of benzene rings is 2. The number of ether oxygens (including phenoxy) is 2. The zero-order chi connectivity index (χ0) is 17.1. The van der Waals surface area contributed by atoms with Crippen LogP contribution in [-0.4, -0.2) is 21.9 Å². The normalized spacial score (nSPS) is 11.8. The van der Waals surface area contributed by atoms with Gasteiger partial charge in [0.05, 0.1) is 7.11 Å². The quantitative estimate of drug-likeness (QED) is 0.776. The molecule has 0 fully saturated rings. The van der Waals surface area contributed by atoms with Gasteiger partial charge in [-0.1, -0.05) is 12.1 Å². The Balaban J connectivity index is 2.27. The first kappa shape index (κ1) is 16.9. The first-order valence-electron chi connectivity index (χ1n) is 6.14. The number of halogens is 3. The highest BCUT2D eigenvalue weighted by Gasteiger charge is 2.31. The van der Waals surface area contributed by atoms with E-state index < -0.39 is 27.1 Å². The maximum absolute atomic E-state index is 12.2. The lowest BCUT2D eigenvalue weighted by Crippen LogP contribution is -2.17. The summed E-state index contributed by atoms with van der Waals surface area (Å²) < 4.78 is 74.3. The van der Waals surface area contributed by atoms with Gasteiger partial charge in [-0.3, -0.25) is 0 Å². The summed E-state index contributed by atoms with van der Waals surface area (Å²) in [6, 6.07) is 9.70. The fourth-order valence-electron chi connectivity index (χ4n) is 1.65. The topological polar surface area (TPSA) is 61.8 Å². The third kappa shape index (κ3) is 4.78. The SMILES string of the molecule is COc1cccc(OS(=O)(=O)c2cccc(OC(F)(F)F)c2)c1. The van der Waals surface area contributed by atoms with Crippen molar-refractivity contribution in [3.63, 3.8) is 0 Å². The Kier molecular flexibility index (Phi) is 4.69. The summed E-state index contributed by atoms with van der Waals surface area (Å²) in [6.07, 6.45) is -4.92. The summed E-state index contributed by atoms with van der Waals surface area (Å²) in [6.45, 7) is 0. The van der Waals surface area contributed by atoms with Crippen LogP contribution in [0.4, 0.5) is 13.2 Å². The van der Waals surface area contributed by atoms with Crippen molar-refractivity contribution in [1.29, 1.82) is 0 Å². The molecule has 2 aromatic carbocycles. The number of hydrogen-bond donors (Lipinski definition) is 0. The van der Waals surface area contributed by atoms with Gasteiger partial charge in [-0.2, -0.15) is 8.42 Å². The molecule has 9 heteroatoms. The number of alkyl halides is 3. The lowest BCUT2D eigenvalue weighted by Gasteiger charge is -2.11. The largest absolute Gasteiger partial charge is 0.573 e. The van der Waals surface area contributed by atoms with Crippen molar-refractivity contribution in [2.24, 2.45) is 0 Å². The van der Waals surface area contributed by atoms with Crippen LogP contribution in [0, 0.1) is 0 Å². The zero-order valence-corrected chi connectivity index (χ0v) is 12.5. The third-order valence-corrected chi connectivity index (χ3v) is 3.82. The van der Waals surface area contributed by atoms with Crippen LogP contribution in [0.1, 0.15) is 0 Å². The third-order valence-electron chi connectivity index (χ3n) is 2.57. The van der Waals surface area contributed by atoms with E-state index in [2.05, 4.69) is 4.74 Å². The van der Waals surface area contributed by atoms with Crippen LogP contribution in [0.25, 0.3) is 0 Å². The molecule has 0 radical (unpaired) electrons. The van der Waals surface area contributed by atoms with Gasteiger partial charge in [0.15, 0.2) is 0 Å². The van der Waals surface area contributed by atoms with Crippen LogP contribution in [0.2, 0.25) is 0 Å². The predicted octanol–water partition coefficient (Wildman–Crippen LogP) is 3.36. The van der Waals surface area contributed by atoms with Gasteiger partial charge < -0.3 is 13.7 Å². The number of hydrogen-bond acceptors (Lipinski definition) is 5. The van der Waals surface area contributed by atoms with Gasteiger partial charge in [-0.25, -0.2) is 0 Å². The van der Waals surface area contributed by atoms with Crippen molar-refractivity contribution in [1.82, 2.24) is 0 Å². The molecule has 2 rings (SSSR count). The Morgan fingerprint density at radius 2 is 1.52 bits per heavy atom. The van der Waals surface area contributed by atoms with Gasteiger partial charge in [0.2, 0.25) is 0 Å². The average molecular weight is 348 g/mol. The molecule has 0 N–H and O–H groups in total. The van der Waals surface area contributed by atoms with E-state index >= 15 is 0 Å². The Morgan fingerprint density at radius 1 is 0.913 bits per heavy atom. The zero-order valence-electron chi connectivity index (χ0n) is 11.7. The second kappa shape index (κ2) is 6.37. The number of methoxy groups -OCH3 is 1. The van der Waals surface area contributed by atoms with Crippen LogP contribution >= 0.6 is 0 Å². The summed E-state index contributed by atoms with van der Waals surface area (Å²) in [5, 5.41) is 0. The first-order chi connectivity index (χ1) is 10.7. The molecule has 5 nitrogen and oxygen atoms in total. The second-order valence-electron chi connectivity index (χ2n) is 4.24. The van der Waals surface area contributed by atoms with E-state index in [1.54, 1.807) is 6.07 Å². The molecule has 0 aliphatic rings. The summed E-state index contributed by atoms with van der Waals surface area (Å²) in [5.74, 6) is -0.328. The highest BCUT2D eigenvalue weighted by atomic mass is 32.2. The summed E-state index contributed by atoms with van der Waals surface area (Å²) >= 11 is 0. The molecular weight excluding hydrogens is 337 g/mol. The number of rotatable bonds is 5. The van der Waals surface area contributed by atoms with Crippen LogP contribution in [0.3, 0.4) is 0 Å². The van der Waals surface area contributed by atoms with Gasteiger partial charge >= 0.3 is 16.5 Å².